The van der Waals surface area contributed by atoms with Crippen LogP contribution in [0.2, 0.25) is 0 Å². The number of benzene rings is 3. The molecule has 2 unspecified atom stereocenters. The first-order valence-corrected chi connectivity index (χ1v) is 12.9. The van der Waals surface area contributed by atoms with E-state index in [4.69, 9.17) is 0 Å². The fourth-order valence-corrected chi connectivity index (χ4v) is 6.78. The number of nitrogens with zero attached hydrogens (tertiary/aromatic N) is 2. The van der Waals surface area contributed by atoms with Crippen LogP contribution in [0.4, 0.5) is 11.4 Å². The smallest absolute Gasteiger partial charge is 0.370 e. The SMILES string of the molecule is O=C(O)C[n+]1c(/C=C/c2ccc3c(c2)C2CCCC2N3c2ccc(CO)cc2)sc2ccccc21. The van der Waals surface area contributed by atoms with Crippen LogP contribution in [0.1, 0.15) is 46.9 Å². The lowest BCUT2D eigenvalue weighted by molar-refractivity contribution is -0.657. The van der Waals surface area contributed by atoms with Gasteiger partial charge in [0.1, 0.15) is 4.70 Å². The van der Waals surface area contributed by atoms with E-state index in [2.05, 4.69) is 41.3 Å². The van der Waals surface area contributed by atoms with E-state index < -0.39 is 5.97 Å². The predicted molar refractivity (Wildman–Crippen MR) is 140 cm³/mol. The molecule has 5 nitrogen and oxygen atoms in total. The van der Waals surface area contributed by atoms with E-state index in [0.717, 1.165) is 26.4 Å². The quantitative estimate of drug-likeness (QED) is 0.344. The lowest BCUT2D eigenvalue weighted by Gasteiger charge is -2.27. The minimum atomic E-state index is -0.842. The Balaban J connectivity index is 1.35. The second-order valence-corrected chi connectivity index (χ2v) is 10.4. The van der Waals surface area contributed by atoms with Gasteiger partial charge < -0.3 is 15.1 Å². The standard InChI is InChI=1S/C29H26N2O3S/c32-18-20-8-12-21(13-9-20)31-24-6-3-4-22(24)23-16-19(10-14-25(23)31)11-15-28-30(17-29(33)34)26-5-1-2-7-27(26)35-28/h1-2,5,7-16,22,24,32H,3-4,6,17-18H2/p+1. The second-order valence-electron chi connectivity index (χ2n) is 9.34. The Morgan fingerprint density at radius 3 is 2.69 bits per heavy atom. The molecule has 0 radical (unpaired) electrons. The van der Waals surface area contributed by atoms with Crippen molar-refractivity contribution in [2.45, 2.75) is 44.4 Å². The summed E-state index contributed by atoms with van der Waals surface area (Å²) in [5, 5.41) is 19.8. The lowest BCUT2D eigenvalue weighted by atomic mass is 9.96. The molecule has 6 rings (SSSR count). The van der Waals surface area contributed by atoms with Crippen LogP contribution in [0.15, 0.2) is 66.7 Å². The lowest BCUT2D eigenvalue weighted by Crippen LogP contribution is -2.39. The highest BCUT2D eigenvalue weighted by molar-refractivity contribution is 7.18. The monoisotopic (exact) mass is 483 g/mol. The van der Waals surface area contributed by atoms with Gasteiger partial charge in [0.2, 0.25) is 12.1 Å². The third-order valence-corrected chi connectivity index (χ3v) is 8.40. The molecule has 176 valence electrons. The second kappa shape index (κ2) is 8.95. The fraction of sp³-hybridized carbons (Fsp3) is 0.241. The zero-order chi connectivity index (χ0) is 23.9. The molecule has 0 saturated heterocycles. The topological polar surface area (TPSA) is 64.7 Å². The molecule has 1 aliphatic heterocycles. The molecular weight excluding hydrogens is 456 g/mol. The summed E-state index contributed by atoms with van der Waals surface area (Å²) >= 11 is 1.61. The number of hydrogen-bond donors (Lipinski definition) is 2. The Hall–Kier alpha value is -3.48. The minimum Gasteiger partial charge on any atom is -0.477 e. The molecule has 2 aliphatic rings. The van der Waals surface area contributed by atoms with Gasteiger partial charge in [-0.1, -0.05) is 48.1 Å². The Labute approximate surface area is 208 Å². The molecule has 0 amide bonds. The molecule has 3 aromatic carbocycles. The van der Waals surface area contributed by atoms with Crippen LogP contribution in [-0.4, -0.2) is 22.2 Å². The maximum atomic E-state index is 11.5. The number of aliphatic hydroxyl groups excluding tert-OH is 1. The number of aliphatic hydroxyl groups is 1. The average Bonchev–Trinajstić information content (AvgIpc) is 3.56. The van der Waals surface area contributed by atoms with Gasteiger partial charge in [-0.05, 0) is 65.9 Å². The molecule has 1 saturated carbocycles. The number of hydrogen-bond acceptors (Lipinski definition) is 4. The maximum Gasteiger partial charge on any atom is 0.370 e. The predicted octanol–water partition coefficient (Wildman–Crippen LogP) is 5.72. The number of anilines is 2. The van der Waals surface area contributed by atoms with Crippen molar-refractivity contribution in [2.24, 2.45) is 0 Å². The summed E-state index contributed by atoms with van der Waals surface area (Å²) in [6.07, 6.45) is 7.76. The number of aromatic nitrogens is 1. The largest absolute Gasteiger partial charge is 0.477 e. The van der Waals surface area contributed by atoms with Crippen molar-refractivity contribution >= 4 is 51.0 Å². The van der Waals surface area contributed by atoms with Crippen LogP contribution in [0.3, 0.4) is 0 Å². The molecule has 0 spiro atoms. The van der Waals surface area contributed by atoms with Crippen molar-refractivity contribution in [1.29, 1.82) is 0 Å². The van der Waals surface area contributed by atoms with Gasteiger partial charge in [-0.2, -0.15) is 4.57 Å². The van der Waals surface area contributed by atoms with E-state index in [9.17, 15) is 15.0 Å². The summed E-state index contributed by atoms with van der Waals surface area (Å²) in [4.78, 5) is 14.0. The Morgan fingerprint density at radius 2 is 1.89 bits per heavy atom. The molecule has 2 N–H and O–H groups in total. The van der Waals surface area contributed by atoms with Gasteiger partial charge in [-0.3, -0.25) is 0 Å². The minimum absolute atomic E-state index is 0.0539. The molecule has 1 aliphatic carbocycles. The van der Waals surface area contributed by atoms with E-state index in [1.54, 1.807) is 11.3 Å². The molecule has 0 bridgehead atoms. The number of para-hydroxylation sites is 1. The summed E-state index contributed by atoms with van der Waals surface area (Å²) in [7, 11) is 0. The first-order chi connectivity index (χ1) is 17.1. The summed E-state index contributed by atoms with van der Waals surface area (Å²) in [6.45, 7) is 0.00649. The molecule has 4 aromatic rings. The van der Waals surface area contributed by atoms with Crippen molar-refractivity contribution < 1.29 is 19.6 Å². The van der Waals surface area contributed by atoms with Gasteiger partial charge in [0.05, 0.1) is 6.61 Å². The Kier molecular flexibility index (Phi) is 5.63. The van der Waals surface area contributed by atoms with E-state index in [1.165, 1.54) is 36.2 Å². The third-order valence-electron chi connectivity index (χ3n) is 7.27. The Morgan fingerprint density at radius 1 is 1.06 bits per heavy atom. The molecule has 6 heteroatoms. The number of carboxylic acid groups (broad SMARTS) is 1. The van der Waals surface area contributed by atoms with Gasteiger partial charge in [0.25, 0.3) is 5.01 Å². The van der Waals surface area contributed by atoms with Crippen LogP contribution in [0.25, 0.3) is 22.4 Å². The van der Waals surface area contributed by atoms with Gasteiger partial charge in [0.15, 0.2) is 0 Å². The van der Waals surface area contributed by atoms with Crippen molar-refractivity contribution in [3.05, 3.63) is 88.4 Å². The van der Waals surface area contributed by atoms with Crippen LogP contribution in [-0.2, 0) is 17.9 Å². The number of fused-ring (bicyclic) bond motifs is 4. The van der Waals surface area contributed by atoms with Crippen LogP contribution < -0.4 is 9.47 Å². The molecular formula is C29H27N2O3S+. The van der Waals surface area contributed by atoms with E-state index in [1.807, 2.05) is 47.0 Å². The first kappa shape index (κ1) is 22.0. The van der Waals surface area contributed by atoms with Crippen molar-refractivity contribution in [2.75, 3.05) is 4.90 Å². The number of thiazole rings is 1. The maximum absolute atomic E-state index is 11.5. The normalized spacial score (nSPS) is 18.9. The summed E-state index contributed by atoms with van der Waals surface area (Å²) in [5.74, 6) is -0.317. The zero-order valence-corrected chi connectivity index (χ0v) is 20.1. The van der Waals surface area contributed by atoms with E-state index in [0.29, 0.717) is 12.0 Å². The summed E-state index contributed by atoms with van der Waals surface area (Å²) in [6, 6.07) is 23.4. The van der Waals surface area contributed by atoms with Crippen LogP contribution in [0, 0.1) is 0 Å². The van der Waals surface area contributed by atoms with Crippen molar-refractivity contribution in [1.82, 2.24) is 0 Å². The molecule has 2 atom stereocenters. The molecule has 1 aromatic heterocycles. The molecule has 2 heterocycles. The van der Waals surface area contributed by atoms with Crippen LogP contribution >= 0.6 is 11.3 Å². The summed E-state index contributed by atoms with van der Waals surface area (Å²) in [5.41, 5.74) is 6.86. The van der Waals surface area contributed by atoms with E-state index in [-0.39, 0.29) is 13.2 Å². The highest BCUT2D eigenvalue weighted by Crippen LogP contribution is 2.52. The molecule has 1 fully saturated rings. The Bertz CT molecular complexity index is 1440. The molecule has 35 heavy (non-hydrogen) atoms. The number of aliphatic carboxylic acids is 1. The highest BCUT2D eigenvalue weighted by atomic mass is 32.1. The van der Waals surface area contributed by atoms with Gasteiger partial charge in [0, 0.05) is 35.5 Å². The van der Waals surface area contributed by atoms with Crippen molar-refractivity contribution in [3.8, 4) is 0 Å². The average molecular weight is 484 g/mol. The van der Waals surface area contributed by atoms with Gasteiger partial charge in [-0.15, -0.1) is 0 Å². The third kappa shape index (κ3) is 3.93. The fourth-order valence-electron chi connectivity index (χ4n) is 5.72. The number of rotatable bonds is 6. The van der Waals surface area contributed by atoms with Gasteiger partial charge >= 0.3 is 5.97 Å². The van der Waals surface area contributed by atoms with Gasteiger partial charge in [-0.25, -0.2) is 4.79 Å². The zero-order valence-electron chi connectivity index (χ0n) is 19.3. The van der Waals surface area contributed by atoms with Crippen LogP contribution in [0.5, 0.6) is 0 Å². The van der Waals surface area contributed by atoms with Crippen molar-refractivity contribution in [3.63, 3.8) is 0 Å². The number of carboxylic acids is 1. The first-order valence-electron chi connectivity index (χ1n) is 12.1. The number of carbonyl (C=O) groups is 1. The highest BCUT2D eigenvalue weighted by Gasteiger charge is 2.42. The van der Waals surface area contributed by atoms with E-state index >= 15 is 0 Å². The summed E-state index contributed by atoms with van der Waals surface area (Å²) < 4.78 is 2.95.